The van der Waals surface area contributed by atoms with Crippen LogP contribution in [0.4, 0.5) is 5.69 Å². The molecule has 5 heteroatoms. The third-order valence-corrected chi connectivity index (χ3v) is 2.88. The molecular formula is C7H10N4S. The fourth-order valence-electron chi connectivity index (χ4n) is 1.22. The predicted octanol–water partition coefficient (Wildman–Crippen LogP) is 0.713. The Labute approximate surface area is 74.6 Å². The minimum absolute atomic E-state index is 0.589. The van der Waals surface area contributed by atoms with Crippen molar-refractivity contribution in [2.75, 3.05) is 11.7 Å². The van der Waals surface area contributed by atoms with Gasteiger partial charge in [0, 0.05) is 0 Å². The topological polar surface area (TPSA) is 53.6 Å². The lowest BCUT2D eigenvalue weighted by molar-refractivity contribution is 0.658. The first-order chi connectivity index (χ1) is 5.83. The van der Waals surface area contributed by atoms with Crippen LogP contribution in [0.2, 0.25) is 0 Å². The molecule has 0 saturated heterocycles. The number of hydrogen-bond donors (Lipinski definition) is 2. The molecule has 64 valence electrons. The highest BCUT2D eigenvalue weighted by molar-refractivity contribution is 7.12. The second-order valence-corrected chi connectivity index (χ2v) is 3.49. The summed E-state index contributed by atoms with van der Waals surface area (Å²) in [5.41, 5.74) is 4.81. The van der Waals surface area contributed by atoms with Crippen LogP contribution in [0.15, 0.2) is 16.4 Å². The summed E-state index contributed by atoms with van der Waals surface area (Å²) < 4.78 is 0. The summed E-state index contributed by atoms with van der Waals surface area (Å²) in [5.74, 6) is 5.33. The second kappa shape index (κ2) is 2.85. The molecule has 3 N–H and O–H groups in total. The van der Waals surface area contributed by atoms with Gasteiger partial charge < -0.3 is 0 Å². The summed E-state index contributed by atoms with van der Waals surface area (Å²) in [5, 5.41) is 3.86. The number of nitrogens with two attached hydrogens (primary N) is 1. The first-order valence-corrected chi connectivity index (χ1v) is 4.53. The largest absolute Gasteiger partial charge is 0.272 e. The summed E-state index contributed by atoms with van der Waals surface area (Å²) >= 11 is 1.68. The zero-order valence-corrected chi connectivity index (χ0v) is 7.56. The molecule has 0 amide bonds. The van der Waals surface area contributed by atoms with Gasteiger partial charge in [-0.25, -0.2) is 0 Å². The normalized spacial score (nSPS) is 15.8. The van der Waals surface area contributed by atoms with Crippen molar-refractivity contribution in [1.82, 2.24) is 5.53 Å². The summed E-state index contributed by atoms with van der Waals surface area (Å²) in [4.78, 5) is 5.50. The minimum Gasteiger partial charge on any atom is -0.272 e. The summed E-state index contributed by atoms with van der Waals surface area (Å²) in [7, 11) is 0. The van der Waals surface area contributed by atoms with Gasteiger partial charge >= 0.3 is 0 Å². The van der Waals surface area contributed by atoms with E-state index >= 15 is 0 Å². The smallest absolute Gasteiger partial charge is 0.126 e. The van der Waals surface area contributed by atoms with E-state index in [9.17, 15) is 0 Å². The Kier molecular flexibility index (Phi) is 1.84. The Morgan fingerprint density at radius 3 is 3.33 bits per heavy atom. The highest BCUT2D eigenvalue weighted by Crippen LogP contribution is 2.28. The zero-order valence-electron chi connectivity index (χ0n) is 6.74. The van der Waals surface area contributed by atoms with Crippen LogP contribution in [0.1, 0.15) is 11.8 Å². The van der Waals surface area contributed by atoms with E-state index in [4.69, 9.17) is 5.84 Å². The monoisotopic (exact) mass is 182 g/mol. The van der Waals surface area contributed by atoms with Crippen molar-refractivity contribution in [3.05, 3.63) is 16.3 Å². The number of rotatable bonds is 1. The van der Waals surface area contributed by atoms with Crippen molar-refractivity contribution in [2.45, 2.75) is 6.92 Å². The predicted molar refractivity (Wildman–Crippen MR) is 51.2 cm³/mol. The fourth-order valence-corrected chi connectivity index (χ4v) is 2.09. The number of thiophene rings is 1. The van der Waals surface area contributed by atoms with E-state index in [1.165, 1.54) is 4.88 Å². The van der Waals surface area contributed by atoms with Crippen LogP contribution in [0.3, 0.4) is 0 Å². The molecule has 0 atom stereocenters. The van der Waals surface area contributed by atoms with Gasteiger partial charge in [0.15, 0.2) is 0 Å². The molecule has 0 saturated carbocycles. The molecule has 2 rings (SSSR count). The molecule has 0 aromatic carbocycles. The number of nitrogens with zero attached hydrogens (tertiary/aromatic N) is 2. The average Bonchev–Trinajstić information content (AvgIpc) is 2.54. The van der Waals surface area contributed by atoms with Crippen LogP contribution in [0.5, 0.6) is 0 Å². The quantitative estimate of drug-likeness (QED) is 0.497. The molecule has 4 nitrogen and oxygen atoms in total. The summed E-state index contributed by atoms with van der Waals surface area (Å²) in [6.07, 6.45) is 0. The standard InChI is InChI=1S/C7H10N4S/c1-5-7-6(2-3-12-7)11(10-8)4-9-5/h2-3,10H,4,8H2,1H3. The molecule has 0 unspecified atom stereocenters. The number of aliphatic imine (C=N–C) groups is 1. The molecule has 0 bridgehead atoms. The van der Waals surface area contributed by atoms with Crippen LogP contribution in [-0.2, 0) is 0 Å². The zero-order chi connectivity index (χ0) is 8.55. The van der Waals surface area contributed by atoms with Crippen molar-refractivity contribution < 1.29 is 0 Å². The van der Waals surface area contributed by atoms with E-state index in [2.05, 4.69) is 10.5 Å². The van der Waals surface area contributed by atoms with E-state index in [0.29, 0.717) is 6.67 Å². The fraction of sp³-hybridized carbons (Fsp3) is 0.286. The van der Waals surface area contributed by atoms with Gasteiger partial charge in [-0.2, -0.15) is 5.53 Å². The summed E-state index contributed by atoms with van der Waals surface area (Å²) in [6.45, 7) is 2.61. The molecule has 0 spiro atoms. The Morgan fingerprint density at radius 1 is 1.75 bits per heavy atom. The van der Waals surface area contributed by atoms with Crippen molar-refractivity contribution in [1.29, 1.82) is 0 Å². The van der Waals surface area contributed by atoms with Crippen LogP contribution >= 0.6 is 11.3 Å². The van der Waals surface area contributed by atoms with E-state index in [1.807, 2.05) is 23.4 Å². The SMILES string of the molecule is CC1=NCN(NN)c2ccsc21. The molecule has 0 radical (unpaired) electrons. The van der Waals surface area contributed by atoms with Gasteiger partial charge in [0.2, 0.25) is 0 Å². The lowest BCUT2D eigenvalue weighted by Gasteiger charge is -2.24. The molecule has 2 heterocycles. The lowest BCUT2D eigenvalue weighted by Crippen LogP contribution is -2.45. The van der Waals surface area contributed by atoms with Gasteiger partial charge in [-0.15, -0.1) is 11.3 Å². The maximum absolute atomic E-state index is 5.33. The number of fused-ring (bicyclic) bond motifs is 1. The Morgan fingerprint density at radius 2 is 2.58 bits per heavy atom. The Hall–Kier alpha value is -0.910. The lowest BCUT2D eigenvalue weighted by atomic mass is 10.2. The van der Waals surface area contributed by atoms with Gasteiger partial charge in [0.1, 0.15) is 6.67 Å². The Bertz CT molecular complexity index is 317. The highest BCUT2D eigenvalue weighted by atomic mass is 32.1. The van der Waals surface area contributed by atoms with E-state index < -0.39 is 0 Å². The molecule has 1 aliphatic rings. The third-order valence-electron chi connectivity index (χ3n) is 1.87. The molecule has 1 aromatic rings. The third kappa shape index (κ3) is 1.03. The highest BCUT2D eigenvalue weighted by Gasteiger charge is 2.17. The van der Waals surface area contributed by atoms with Crippen LogP contribution in [0.25, 0.3) is 0 Å². The van der Waals surface area contributed by atoms with Gasteiger partial charge in [0.05, 0.1) is 16.3 Å². The van der Waals surface area contributed by atoms with Crippen LogP contribution in [0, 0.1) is 0 Å². The van der Waals surface area contributed by atoms with Crippen molar-refractivity contribution >= 4 is 22.7 Å². The van der Waals surface area contributed by atoms with Crippen molar-refractivity contribution in [3.63, 3.8) is 0 Å². The minimum atomic E-state index is 0.589. The molecule has 0 aliphatic carbocycles. The Balaban J connectivity index is 2.45. The van der Waals surface area contributed by atoms with Crippen molar-refractivity contribution in [2.24, 2.45) is 10.8 Å². The number of nitrogens with one attached hydrogen (secondary N) is 1. The number of anilines is 1. The first kappa shape index (κ1) is 7.72. The van der Waals surface area contributed by atoms with Gasteiger partial charge in [-0.1, -0.05) is 0 Å². The molecule has 1 aromatic heterocycles. The number of hydrogen-bond acceptors (Lipinski definition) is 5. The van der Waals surface area contributed by atoms with Crippen molar-refractivity contribution in [3.8, 4) is 0 Å². The number of hydrazine groups is 2. The molecule has 1 aliphatic heterocycles. The maximum atomic E-state index is 5.33. The van der Waals surface area contributed by atoms with E-state index in [-0.39, 0.29) is 0 Å². The maximum Gasteiger partial charge on any atom is 0.126 e. The van der Waals surface area contributed by atoms with E-state index in [0.717, 1.165) is 11.4 Å². The van der Waals surface area contributed by atoms with Crippen LogP contribution in [-0.4, -0.2) is 12.4 Å². The molecule has 12 heavy (non-hydrogen) atoms. The van der Waals surface area contributed by atoms with Gasteiger partial charge in [-0.3, -0.25) is 15.8 Å². The average molecular weight is 182 g/mol. The van der Waals surface area contributed by atoms with Crippen LogP contribution < -0.4 is 16.4 Å². The first-order valence-electron chi connectivity index (χ1n) is 3.65. The van der Waals surface area contributed by atoms with E-state index in [1.54, 1.807) is 11.3 Å². The molecular weight excluding hydrogens is 172 g/mol. The van der Waals surface area contributed by atoms with Gasteiger partial charge in [0.25, 0.3) is 0 Å². The molecule has 0 fully saturated rings. The summed E-state index contributed by atoms with van der Waals surface area (Å²) in [6, 6.07) is 2.04. The second-order valence-electron chi connectivity index (χ2n) is 2.58. The van der Waals surface area contributed by atoms with Gasteiger partial charge in [-0.05, 0) is 18.4 Å².